The van der Waals surface area contributed by atoms with E-state index in [0.29, 0.717) is 35.1 Å². The van der Waals surface area contributed by atoms with Gasteiger partial charge in [0.1, 0.15) is 17.7 Å². The zero-order valence-electron chi connectivity index (χ0n) is 15.3. The van der Waals surface area contributed by atoms with E-state index in [9.17, 15) is 9.18 Å². The van der Waals surface area contributed by atoms with Crippen LogP contribution in [0.15, 0.2) is 48.7 Å². The number of pyridine rings is 1. The zero-order valence-corrected chi connectivity index (χ0v) is 15.3. The first-order valence-corrected chi connectivity index (χ1v) is 9.36. The van der Waals surface area contributed by atoms with Crippen LogP contribution in [0.2, 0.25) is 0 Å². The number of benzene rings is 1. The molecule has 3 heterocycles. The SMILES string of the molecule is O=C(NCc1nc(-c2cccc(F)c2)c(-c2ccccn2)[nH]1)[C@@H]1CCCCO1. The van der Waals surface area contributed by atoms with Crippen molar-refractivity contribution < 1.29 is 13.9 Å². The molecule has 1 aliphatic heterocycles. The number of amides is 1. The van der Waals surface area contributed by atoms with Crippen molar-refractivity contribution in [2.24, 2.45) is 0 Å². The van der Waals surface area contributed by atoms with Crippen LogP contribution in [-0.4, -0.2) is 33.6 Å². The lowest BCUT2D eigenvalue weighted by Gasteiger charge is -2.21. The molecule has 1 fully saturated rings. The number of H-pyrrole nitrogens is 1. The summed E-state index contributed by atoms with van der Waals surface area (Å²) >= 11 is 0. The molecule has 144 valence electrons. The number of halogens is 1. The predicted octanol–water partition coefficient (Wildman–Crippen LogP) is 3.46. The van der Waals surface area contributed by atoms with Gasteiger partial charge in [0.05, 0.1) is 23.6 Å². The number of hydrogen-bond acceptors (Lipinski definition) is 4. The van der Waals surface area contributed by atoms with Crippen LogP contribution in [0, 0.1) is 5.82 Å². The van der Waals surface area contributed by atoms with Crippen molar-refractivity contribution in [2.45, 2.75) is 31.9 Å². The predicted molar refractivity (Wildman–Crippen MR) is 103 cm³/mol. The highest BCUT2D eigenvalue weighted by Gasteiger charge is 2.22. The van der Waals surface area contributed by atoms with Crippen molar-refractivity contribution >= 4 is 5.91 Å². The molecule has 1 aromatic carbocycles. The number of carbonyl (C=O) groups excluding carboxylic acids is 1. The van der Waals surface area contributed by atoms with Crippen molar-refractivity contribution in [1.82, 2.24) is 20.3 Å². The molecule has 1 amide bonds. The molecule has 2 N–H and O–H groups in total. The second kappa shape index (κ2) is 8.31. The lowest BCUT2D eigenvalue weighted by molar-refractivity contribution is -0.135. The number of hydrogen-bond donors (Lipinski definition) is 2. The third kappa shape index (κ3) is 4.09. The van der Waals surface area contributed by atoms with Gasteiger partial charge in [0.2, 0.25) is 5.91 Å². The molecule has 0 saturated carbocycles. The molecular formula is C21H21FN4O2. The van der Waals surface area contributed by atoms with E-state index in [1.807, 2.05) is 18.2 Å². The number of imidazole rings is 1. The average Bonchev–Trinajstić information content (AvgIpc) is 3.18. The topological polar surface area (TPSA) is 79.9 Å². The zero-order chi connectivity index (χ0) is 19.3. The Hall–Kier alpha value is -3.06. The molecule has 0 aliphatic carbocycles. The van der Waals surface area contributed by atoms with Crippen molar-refractivity contribution in [3.8, 4) is 22.6 Å². The first-order chi connectivity index (χ1) is 13.7. The summed E-state index contributed by atoms with van der Waals surface area (Å²) in [6.07, 6.45) is 4.01. The van der Waals surface area contributed by atoms with Crippen LogP contribution in [0.3, 0.4) is 0 Å². The Morgan fingerprint density at radius 3 is 2.93 bits per heavy atom. The van der Waals surface area contributed by atoms with Gasteiger partial charge in [-0.15, -0.1) is 0 Å². The number of nitrogens with zero attached hydrogens (tertiary/aromatic N) is 2. The standard InChI is InChI=1S/C21H21FN4O2/c22-15-7-5-6-14(12-15)19-20(16-8-1-3-10-23-16)26-18(25-19)13-24-21(27)17-9-2-4-11-28-17/h1,3,5-8,10,12,17H,2,4,9,11,13H2,(H,24,27)(H,25,26)/t17-/m0/s1. The number of carbonyl (C=O) groups is 1. The molecule has 4 rings (SSSR count). The monoisotopic (exact) mass is 380 g/mol. The van der Waals surface area contributed by atoms with Gasteiger partial charge in [-0.2, -0.15) is 0 Å². The number of rotatable bonds is 5. The summed E-state index contributed by atoms with van der Waals surface area (Å²) in [4.78, 5) is 24.5. The molecule has 1 saturated heterocycles. The molecule has 6 nitrogen and oxygen atoms in total. The Morgan fingerprint density at radius 2 is 2.18 bits per heavy atom. The summed E-state index contributed by atoms with van der Waals surface area (Å²) in [6, 6.07) is 11.8. The fraction of sp³-hybridized carbons (Fsp3) is 0.286. The van der Waals surface area contributed by atoms with Crippen molar-refractivity contribution in [3.05, 3.63) is 60.3 Å². The first-order valence-electron chi connectivity index (χ1n) is 9.36. The van der Waals surface area contributed by atoms with E-state index in [0.717, 1.165) is 19.3 Å². The number of aromatic amines is 1. The number of nitrogens with one attached hydrogen (secondary N) is 2. The van der Waals surface area contributed by atoms with Crippen LogP contribution in [-0.2, 0) is 16.1 Å². The second-order valence-corrected chi connectivity index (χ2v) is 6.71. The lowest BCUT2D eigenvalue weighted by atomic mass is 10.1. The van der Waals surface area contributed by atoms with E-state index in [1.165, 1.54) is 12.1 Å². The molecule has 1 aliphatic rings. The van der Waals surface area contributed by atoms with E-state index in [-0.39, 0.29) is 18.3 Å². The van der Waals surface area contributed by atoms with Gasteiger partial charge in [0.15, 0.2) is 0 Å². The van der Waals surface area contributed by atoms with Gasteiger partial charge >= 0.3 is 0 Å². The molecule has 2 aromatic heterocycles. The molecular weight excluding hydrogens is 359 g/mol. The van der Waals surface area contributed by atoms with Crippen molar-refractivity contribution in [3.63, 3.8) is 0 Å². The quantitative estimate of drug-likeness (QED) is 0.710. The highest BCUT2D eigenvalue weighted by Crippen LogP contribution is 2.29. The fourth-order valence-corrected chi connectivity index (χ4v) is 3.28. The van der Waals surface area contributed by atoms with Gasteiger partial charge in [-0.25, -0.2) is 9.37 Å². The summed E-state index contributed by atoms with van der Waals surface area (Å²) in [6.45, 7) is 0.847. The lowest BCUT2D eigenvalue weighted by Crippen LogP contribution is -2.38. The third-order valence-electron chi connectivity index (χ3n) is 4.67. The van der Waals surface area contributed by atoms with Crippen LogP contribution >= 0.6 is 0 Å². The van der Waals surface area contributed by atoms with Crippen LogP contribution in [0.4, 0.5) is 4.39 Å². The van der Waals surface area contributed by atoms with Crippen LogP contribution < -0.4 is 5.32 Å². The van der Waals surface area contributed by atoms with E-state index in [1.54, 1.807) is 18.3 Å². The van der Waals surface area contributed by atoms with Gasteiger partial charge in [0.25, 0.3) is 0 Å². The van der Waals surface area contributed by atoms with Crippen molar-refractivity contribution in [2.75, 3.05) is 6.61 Å². The normalized spacial score (nSPS) is 16.7. The largest absolute Gasteiger partial charge is 0.368 e. The molecule has 28 heavy (non-hydrogen) atoms. The maximum atomic E-state index is 13.7. The van der Waals surface area contributed by atoms with E-state index >= 15 is 0 Å². The van der Waals surface area contributed by atoms with Crippen LogP contribution in [0.1, 0.15) is 25.1 Å². The minimum atomic E-state index is -0.401. The first kappa shape index (κ1) is 18.3. The third-order valence-corrected chi connectivity index (χ3v) is 4.67. The average molecular weight is 380 g/mol. The Morgan fingerprint density at radius 1 is 1.25 bits per heavy atom. The fourth-order valence-electron chi connectivity index (χ4n) is 3.28. The second-order valence-electron chi connectivity index (χ2n) is 6.71. The van der Waals surface area contributed by atoms with E-state index in [2.05, 4.69) is 20.3 Å². The molecule has 0 bridgehead atoms. The Balaban J connectivity index is 1.59. The molecule has 0 spiro atoms. The minimum absolute atomic E-state index is 0.136. The van der Waals surface area contributed by atoms with Crippen LogP contribution in [0.5, 0.6) is 0 Å². The van der Waals surface area contributed by atoms with Gasteiger partial charge in [-0.1, -0.05) is 18.2 Å². The van der Waals surface area contributed by atoms with Gasteiger partial charge in [0, 0.05) is 18.4 Å². The minimum Gasteiger partial charge on any atom is -0.368 e. The molecule has 7 heteroatoms. The van der Waals surface area contributed by atoms with E-state index < -0.39 is 6.10 Å². The molecule has 1 atom stereocenters. The molecule has 3 aromatic rings. The van der Waals surface area contributed by atoms with Gasteiger partial charge < -0.3 is 15.0 Å². The summed E-state index contributed by atoms with van der Waals surface area (Å²) in [7, 11) is 0. The van der Waals surface area contributed by atoms with Gasteiger partial charge in [-0.05, 0) is 43.5 Å². The highest BCUT2D eigenvalue weighted by atomic mass is 19.1. The maximum absolute atomic E-state index is 13.7. The smallest absolute Gasteiger partial charge is 0.249 e. The Labute approximate surface area is 162 Å². The summed E-state index contributed by atoms with van der Waals surface area (Å²) < 4.78 is 19.2. The summed E-state index contributed by atoms with van der Waals surface area (Å²) in [5.74, 6) is 0.101. The van der Waals surface area contributed by atoms with E-state index in [4.69, 9.17) is 4.74 Å². The molecule has 0 radical (unpaired) electrons. The molecule has 0 unspecified atom stereocenters. The Bertz CT molecular complexity index is 952. The van der Waals surface area contributed by atoms with Gasteiger partial charge in [-0.3, -0.25) is 9.78 Å². The maximum Gasteiger partial charge on any atom is 0.249 e. The summed E-state index contributed by atoms with van der Waals surface area (Å²) in [5, 5.41) is 2.87. The highest BCUT2D eigenvalue weighted by molar-refractivity contribution is 5.81. The summed E-state index contributed by atoms with van der Waals surface area (Å²) in [5.41, 5.74) is 2.62. The van der Waals surface area contributed by atoms with Crippen LogP contribution in [0.25, 0.3) is 22.6 Å². The number of aromatic nitrogens is 3. The van der Waals surface area contributed by atoms with Crippen molar-refractivity contribution in [1.29, 1.82) is 0 Å². The Kier molecular flexibility index (Phi) is 5.43. The number of ether oxygens (including phenoxy) is 1.